The Morgan fingerprint density at radius 2 is 1.74 bits per heavy atom. The SMILES string of the molecule is Cc1ccc2c(c1)Oc1ccccc1C(N1CCN(C(=O)c3ccccc3)C(C)C1)=N2. The molecule has 2 heterocycles. The molecule has 2 aliphatic heterocycles. The van der Waals surface area contributed by atoms with E-state index in [-0.39, 0.29) is 11.9 Å². The number of amides is 1. The molecule has 1 fully saturated rings. The number of rotatable bonds is 1. The normalized spacial score (nSPS) is 17.7. The van der Waals surface area contributed by atoms with E-state index in [1.165, 1.54) is 0 Å². The van der Waals surface area contributed by atoms with Gasteiger partial charge in [-0.05, 0) is 55.8 Å². The quantitative estimate of drug-likeness (QED) is 0.564. The van der Waals surface area contributed by atoms with Crippen LogP contribution < -0.4 is 4.74 Å². The second-order valence-corrected chi connectivity index (χ2v) is 8.16. The maximum atomic E-state index is 13.0. The van der Waals surface area contributed by atoms with Crippen molar-refractivity contribution in [3.05, 3.63) is 89.5 Å². The first-order chi connectivity index (χ1) is 15.1. The molecule has 3 aromatic carbocycles. The monoisotopic (exact) mass is 411 g/mol. The van der Waals surface area contributed by atoms with Crippen LogP contribution in [-0.2, 0) is 0 Å². The predicted octanol–water partition coefficient (Wildman–Crippen LogP) is 5.03. The fraction of sp³-hybridized carbons (Fsp3) is 0.231. The standard InChI is InChI=1S/C26H25N3O2/c1-18-12-13-22-24(16-18)31-23-11-7-6-10-21(23)25(27-22)28-14-15-29(19(2)17-28)26(30)20-8-4-3-5-9-20/h3-13,16,19H,14-15,17H2,1-2H3. The van der Waals surface area contributed by atoms with Crippen molar-refractivity contribution in [2.24, 2.45) is 4.99 Å². The van der Waals surface area contributed by atoms with Crippen molar-refractivity contribution in [3.8, 4) is 11.5 Å². The van der Waals surface area contributed by atoms with E-state index in [2.05, 4.69) is 30.9 Å². The molecule has 5 nitrogen and oxygen atoms in total. The summed E-state index contributed by atoms with van der Waals surface area (Å²) in [7, 11) is 0. The van der Waals surface area contributed by atoms with E-state index in [4.69, 9.17) is 9.73 Å². The number of nitrogens with zero attached hydrogens (tertiary/aromatic N) is 3. The number of aliphatic imine (C=N–C) groups is 1. The summed E-state index contributed by atoms with van der Waals surface area (Å²) in [5, 5.41) is 0. The zero-order chi connectivity index (χ0) is 21.4. The molecule has 0 N–H and O–H groups in total. The zero-order valence-corrected chi connectivity index (χ0v) is 17.8. The van der Waals surface area contributed by atoms with Gasteiger partial charge in [-0.25, -0.2) is 4.99 Å². The van der Waals surface area contributed by atoms with Gasteiger partial charge >= 0.3 is 0 Å². The summed E-state index contributed by atoms with van der Waals surface area (Å²) in [5.74, 6) is 2.56. The molecule has 3 aromatic rings. The van der Waals surface area contributed by atoms with Crippen LogP contribution in [0.25, 0.3) is 0 Å². The van der Waals surface area contributed by atoms with Gasteiger partial charge in [0.2, 0.25) is 0 Å². The highest BCUT2D eigenvalue weighted by Crippen LogP contribution is 2.38. The number of para-hydroxylation sites is 1. The maximum Gasteiger partial charge on any atom is 0.254 e. The lowest BCUT2D eigenvalue weighted by Crippen LogP contribution is -2.55. The maximum absolute atomic E-state index is 13.0. The Hall–Kier alpha value is -3.60. The van der Waals surface area contributed by atoms with Crippen LogP contribution in [0.4, 0.5) is 5.69 Å². The summed E-state index contributed by atoms with van der Waals surface area (Å²) in [5.41, 5.74) is 3.67. The Kier molecular flexibility index (Phi) is 4.94. The molecule has 1 atom stereocenters. The number of piperazine rings is 1. The molecule has 0 aliphatic carbocycles. The Morgan fingerprint density at radius 3 is 2.55 bits per heavy atom. The number of aryl methyl sites for hydroxylation is 1. The number of benzene rings is 3. The van der Waals surface area contributed by atoms with E-state index in [0.717, 1.165) is 46.3 Å². The van der Waals surface area contributed by atoms with Crippen LogP contribution in [0.5, 0.6) is 11.5 Å². The van der Waals surface area contributed by atoms with Gasteiger partial charge in [0.15, 0.2) is 5.75 Å². The van der Waals surface area contributed by atoms with Crippen molar-refractivity contribution in [3.63, 3.8) is 0 Å². The number of fused-ring (bicyclic) bond motifs is 2. The highest BCUT2D eigenvalue weighted by atomic mass is 16.5. The van der Waals surface area contributed by atoms with Crippen LogP contribution in [0.15, 0.2) is 77.8 Å². The van der Waals surface area contributed by atoms with E-state index in [0.29, 0.717) is 13.1 Å². The molecule has 1 unspecified atom stereocenters. The molecule has 0 aromatic heterocycles. The first-order valence-corrected chi connectivity index (χ1v) is 10.7. The molecule has 0 radical (unpaired) electrons. The minimum atomic E-state index is 0.0676. The van der Waals surface area contributed by atoms with Gasteiger partial charge in [-0.2, -0.15) is 0 Å². The molecular formula is C26H25N3O2. The molecule has 1 saturated heterocycles. The summed E-state index contributed by atoms with van der Waals surface area (Å²) in [6.07, 6.45) is 0. The molecule has 31 heavy (non-hydrogen) atoms. The van der Waals surface area contributed by atoms with Crippen molar-refractivity contribution in [1.82, 2.24) is 9.80 Å². The topological polar surface area (TPSA) is 45.1 Å². The highest BCUT2D eigenvalue weighted by molar-refractivity contribution is 6.04. The Morgan fingerprint density at radius 1 is 0.968 bits per heavy atom. The smallest absolute Gasteiger partial charge is 0.254 e. The Labute approximate surface area is 182 Å². The lowest BCUT2D eigenvalue weighted by Gasteiger charge is -2.41. The van der Waals surface area contributed by atoms with E-state index in [1.54, 1.807) is 0 Å². The fourth-order valence-corrected chi connectivity index (χ4v) is 4.27. The highest BCUT2D eigenvalue weighted by Gasteiger charge is 2.31. The number of ether oxygens (including phenoxy) is 1. The van der Waals surface area contributed by atoms with Gasteiger partial charge in [-0.1, -0.05) is 36.4 Å². The molecule has 2 aliphatic rings. The first kappa shape index (κ1) is 19.4. The number of hydrogen-bond donors (Lipinski definition) is 0. The third-order valence-corrected chi connectivity index (χ3v) is 5.90. The van der Waals surface area contributed by atoms with Crippen LogP contribution >= 0.6 is 0 Å². The van der Waals surface area contributed by atoms with Crippen LogP contribution in [0.2, 0.25) is 0 Å². The van der Waals surface area contributed by atoms with Crippen LogP contribution in [0.1, 0.15) is 28.4 Å². The average Bonchev–Trinajstić information content (AvgIpc) is 2.95. The van der Waals surface area contributed by atoms with Crippen LogP contribution in [0.3, 0.4) is 0 Å². The molecular weight excluding hydrogens is 386 g/mol. The van der Waals surface area contributed by atoms with Crippen molar-refractivity contribution >= 4 is 17.4 Å². The number of amidine groups is 1. The van der Waals surface area contributed by atoms with Crippen molar-refractivity contribution < 1.29 is 9.53 Å². The van der Waals surface area contributed by atoms with Gasteiger partial charge in [0.1, 0.15) is 17.3 Å². The van der Waals surface area contributed by atoms with Gasteiger partial charge in [0.05, 0.1) is 5.56 Å². The van der Waals surface area contributed by atoms with Crippen molar-refractivity contribution in [1.29, 1.82) is 0 Å². The molecule has 0 spiro atoms. The third kappa shape index (κ3) is 3.67. The largest absolute Gasteiger partial charge is 0.454 e. The van der Waals surface area contributed by atoms with E-state index in [1.807, 2.05) is 65.6 Å². The molecule has 1 amide bonds. The molecule has 0 bridgehead atoms. The van der Waals surface area contributed by atoms with Gasteiger partial charge in [0.25, 0.3) is 5.91 Å². The lowest BCUT2D eigenvalue weighted by atomic mass is 10.1. The summed E-state index contributed by atoms with van der Waals surface area (Å²) in [6.45, 7) is 6.24. The molecule has 5 heteroatoms. The van der Waals surface area contributed by atoms with Gasteiger partial charge in [0, 0.05) is 31.2 Å². The summed E-state index contributed by atoms with van der Waals surface area (Å²) >= 11 is 0. The van der Waals surface area contributed by atoms with Crippen molar-refractivity contribution in [2.45, 2.75) is 19.9 Å². The third-order valence-electron chi connectivity index (χ3n) is 5.90. The number of carbonyl (C=O) groups excluding carboxylic acids is 1. The second-order valence-electron chi connectivity index (χ2n) is 8.16. The minimum Gasteiger partial charge on any atom is -0.454 e. The zero-order valence-electron chi connectivity index (χ0n) is 17.8. The van der Waals surface area contributed by atoms with Gasteiger partial charge < -0.3 is 14.5 Å². The molecule has 156 valence electrons. The number of hydrogen-bond acceptors (Lipinski definition) is 4. The Balaban J connectivity index is 1.46. The average molecular weight is 412 g/mol. The lowest BCUT2D eigenvalue weighted by molar-refractivity contribution is 0.0581. The molecule has 5 rings (SSSR count). The van der Waals surface area contributed by atoms with Crippen LogP contribution in [0, 0.1) is 6.92 Å². The summed E-state index contributed by atoms with van der Waals surface area (Å²) in [4.78, 5) is 22.3. The predicted molar refractivity (Wildman–Crippen MR) is 122 cm³/mol. The number of carbonyl (C=O) groups is 1. The van der Waals surface area contributed by atoms with E-state index in [9.17, 15) is 4.79 Å². The second kappa shape index (κ2) is 7.91. The van der Waals surface area contributed by atoms with Crippen LogP contribution in [-0.4, -0.2) is 47.2 Å². The molecule has 0 saturated carbocycles. The Bertz CT molecular complexity index is 1160. The van der Waals surface area contributed by atoms with Gasteiger partial charge in [-0.3, -0.25) is 4.79 Å². The van der Waals surface area contributed by atoms with E-state index >= 15 is 0 Å². The van der Waals surface area contributed by atoms with Crippen molar-refractivity contribution in [2.75, 3.05) is 19.6 Å². The summed E-state index contributed by atoms with van der Waals surface area (Å²) in [6, 6.07) is 23.7. The van der Waals surface area contributed by atoms with E-state index < -0.39 is 0 Å². The van der Waals surface area contributed by atoms with Gasteiger partial charge in [-0.15, -0.1) is 0 Å². The summed E-state index contributed by atoms with van der Waals surface area (Å²) < 4.78 is 6.24. The fourth-order valence-electron chi connectivity index (χ4n) is 4.27. The first-order valence-electron chi connectivity index (χ1n) is 10.7. The minimum absolute atomic E-state index is 0.0676.